The van der Waals surface area contributed by atoms with Crippen molar-refractivity contribution >= 4 is 0 Å². The van der Waals surface area contributed by atoms with Crippen molar-refractivity contribution in [3.63, 3.8) is 0 Å². The third-order valence-corrected chi connectivity index (χ3v) is 4.07. The summed E-state index contributed by atoms with van der Waals surface area (Å²) in [5, 5.41) is 20.0. The molecule has 0 bridgehead atoms. The van der Waals surface area contributed by atoms with Gasteiger partial charge in [-0.05, 0) is 19.3 Å². The van der Waals surface area contributed by atoms with E-state index in [0.717, 1.165) is 38.8 Å². The first-order valence-corrected chi connectivity index (χ1v) is 6.29. The average molecular weight is 213 g/mol. The first kappa shape index (κ1) is 11.4. The van der Waals surface area contributed by atoms with E-state index in [4.69, 9.17) is 0 Å². The molecule has 1 aliphatic heterocycles. The van der Waals surface area contributed by atoms with Gasteiger partial charge in [0.1, 0.15) is 0 Å². The quantitative estimate of drug-likeness (QED) is 0.676. The molecule has 1 saturated carbocycles. The number of hydrogen-bond acceptors (Lipinski definition) is 3. The Morgan fingerprint density at radius 1 is 1.20 bits per heavy atom. The number of likely N-dealkylation sites (tertiary alicyclic amines) is 1. The van der Waals surface area contributed by atoms with E-state index >= 15 is 0 Å². The highest BCUT2D eigenvalue weighted by Gasteiger charge is 2.44. The Balaban J connectivity index is 1.88. The highest BCUT2D eigenvalue weighted by molar-refractivity contribution is 4.99. The summed E-state index contributed by atoms with van der Waals surface area (Å²) in [7, 11) is 0. The summed E-state index contributed by atoms with van der Waals surface area (Å²) in [6.07, 6.45) is 6.32. The predicted molar refractivity (Wildman–Crippen MR) is 59.7 cm³/mol. The molecule has 88 valence electrons. The molecule has 1 aliphatic carbocycles. The maximum Gasteiger partial charge on any atom is 0.0897 e. The van der Waals surface area contributed by atoms with Crippen LogP contribution in [0.5, 0.6) is 0 Å². The topological polar surface area (TPSA) is 43.7 Å². The smallest absolute Gasteiger partial charge is 0.0897 e. The second-order valence-electron chi connectivity index (χ2n) is 5.26. The number of aliphatic hydroxyl groups excluding tert-OH is 1. The van der Waals surface area contributed by atoms with Gasteiger partial charge in [-0.1, -0.05) is 26.2 Å². The number of β-amino-alcohol motifs (C(OH)–C–C–N with tert-alkyl or cyclic N) is 1. The molecule has 3 heteroatoms. The molecule has 2 unspecified atom stereocenters. The normalized spacial score (nSPS) is 37.0. The molecule has 2 fully saturated rings. The van der Waals surface area contributed by atoms with Crippen molar-refractivity contribution in [3.8, 4) is 0 Å². The van der Waals surface area contributed by atoms with E-state index in [1.807, 2.05) is 6.92 Å². The lowest BCUT2D eigenvalue weighted by atomic mass is 9.87. The molecule has 1 saturated heterocycles. The van der Waals surface area contributed by atoms with Crippen molar-refractivity contribution in [2.75, 3.05) is 13.1 Å². The highest BCUT2D eigenvalue weighted by Crippen LogP contribution is 2.31. The minimum Gasteiger partial charge on any atom is -0.391 e. The van der Waals surface area contributed by atoms with Crippen LogP contribution in [0.25, 0.3) is 0 Å². The first-order valence-electron chi connectivity index (χ1n) is 6.29. The van der Waals surface area contributed by atoms with Crippen LogP contribution in [-0.2, 0) is 0 Å². The van der Waals surface area contributed by atoms with Gasteiger partial charge in [0.25, 0.3) is 0 Å². The predicted octanol–water partition coefficient (Wildman–Crippen LogP) is 1.14. The molecule has 0 aromatic rings. The van der Waals surface area contributed by atoms with Gasteiger partial charge in [-0.25, -0.2) is 0 Å². The molecular formula is C12H23NO2. The van der Waals surface area contributed by atoms with Crippen LogP contribution in [0, 0.1) is 0 Å². The third-order valence-electron chi connectivity index (χ3n) is 4.07. The van der Waals surface area contributed by atoms with Crippen molar-refractivity contribution in [2.24, 2.45) is 0 Å². The molecule has 0 spiro atoms. The van der Waals surface area contributed by atoms with Crippen LogP contribution in [0.1, 0.15) is 45.4 Å². The van der Waals surface area contributed by atoms with Crippen LogP contribution in [0.2, 0.25) is 0 Å². The third kappa shape index (κ3) is 2.35. The van der Waals surface area contributed by atoms with Crippen LogP contribution >= 0.6 is 0 Å². The molecule has 3 nitrogen and oxygen atoms in total. The lowest BCUT2D eigenvalue weighted by Crippen LogP contribution is -2.66. The van der Waals surface area contributed by atoms with Gasteiger partial charge in [-0.2, -0.15) is 0 Å². The van der Waals surface area contributed by atoms with Crippen LogP contribution in [-0.4, -0.2) is 45.9 Å². The Bertz CT molecular complexity index is 214. The molecule has 2 aliphatic rings. The van der Waals surface area contributed by atoms with E-state index in [9.17, 15) is 10.2 Å². The maximum atomic E-state index is 10.0. The molecule has 15 heavy (non-hydrogen) atoms. The zero-order valence-corrected chi connectivity index (χ0v) is 9.65. The minimum atomic E-state index is -0.466. The standard InChI is InChI=1S/C12H23NO2/c1-2-12(15)8-13(9-12)10-6-4-3-5-7-11(10)14/h10-11,14-15H,2-9H2,1H3. The van der Waals surface area contributed by atoms with Crippen molar-refractivity contribution in [1.82, 2.24) is 4.90 Å². The van der Waals surface area contributed by atoms with Crippen LogP contribution in [0.15, 0.2) is 0 Å². The Kier molecular flexibility index (Phi) is 3.33. The summed E-state index contributed by atoms with van der Waals surface area (Å²) in [5.74, 6) is 0. The fourth-order valence-corrected chi connectivity index (χ4v) is 2.86. The lowest BCUT2D eigenvalue weighted by molar-refractivity contribution is -0.134. The molecule has 2 rings (SSSR count). The van der Waals surface area contributed by atoms with Gasteiger partial charge in [0.2, 0.25) is 0 Å². The molecule has 0 aromatic carbocycles. The van der Waals surface area contributed by atoms with E-state index in [1.165, 1.54) is 12.8 Å². The molecule has 0 aromatic heterocycles. The van der Waals surface area contributed by atoms with E-state index in [2.05, 4.69) is 4.90 Å². The van der Waals surface area contributed by atoms with Gasteiger partial charge in [-0.15, -0.1) is 0 Å². The van der Waals surface area contributed by atoms with E-state index in [1.54, 1.807) is 0 Å². The van der Waals surface area contributed by atoms with E-state index in [-0.39, 0.29) is 6.10 Å². The fourth-order valence-electron chi connectivity index (χ4n) is 2.86. The summed E-state index contributed by atoms with van der Waals surface area (Å²) in [6.45, 7) is 3.54. The molecule has 2 atom stereocenters. The SMILES string of the molecule is CCC1(O)CN(C2CCCCCC2O)C1. The molecule has 0 amide bonds. The Hall–Kier alpha value is -0.120. The molecule has 2 N–H and O–H groups in total. The molecular weight excluding hydrogens is 190 g/mol. The maximum absolute atomic E-state index is 10.0. The van der Waals surface area contributed by atoms with Crippen LogP contribution in [0.4, 0.5) is 0 Å². The minimum absolute atomic E-state index is 0.172. The summed E-state index contributed by atoms with van der Waals surface area (Å²) in [5.41, 5.74) is -0.466. The largest absolute Gasteiger partial charge is 0.391 e. The number of nitrogens with zero attached hydrogens (tertiary/aromatic N) is 1. The van der Waals surface area contributed by atoms with Gasteiger partial charge >= 0.3 is 0 Å². The monoisotopic (exact) mass is 213 g/mol. The average Bonchev–Trinajstić information content (AvgIpc) is 2.38. The van der Waals surface area contributed by atoms with Gasteiger partial charge in [0, 0.05) is 19.1 Å². The number of aliphatic hydroxyl groups is 2. The summed E-state index contributed by atoms with van der Waals surface area (Å²) in [4.78, 5) is 2.26. The van der Waals surface area contributed by atoms with E-state index in [0.29, 0.717) is 6.04 Å². The summed E-state index contributed by atoms with van der Waals surface area (Å²) < 4.78 is 0. The van der Waals surface area contributed by atoms with Crippen LogP contribution < -0.4 is 0 Å². The van der Waals surface area contributed by atoms with Gasteiger partial charge in [0.15, 0.2) is 0 Å². The van der Waals surface area contributed by atoms with E-state index < -0.39 is 5.60 Å². The Labute approximate surface area is 92.1 Å². The second-order valence-corrected chi connectivity index (χ2v) is 5.26. The number of hydrogen-bond donors (Lipinski definition) is 2. The summed E-state index contributed by atoms with van der Waals surface area (Å²) in [6, 6.07) is 0.305. The van der Waals surface area contributed by atoms with Crippen molar-refractivity contribution in [2.45, 2.75) is 63.2 Å². The zero-order chi connectivity index (χ0) is 10.9. The Morgan fingerprint density at radius 2 is 1.87 bits per heavy atom. The fraction of sp³-hybridized carbons (Fsp3) is 1.00. The van der Waals surface area contributed by atoms with Gasteiger partial charge < -0.3 is 10.2 Å². The Morgan fingerprint density at radius 3 is 2.53 bits per heavy atom. The van der Waals surface area contributed by atoms with Crippen molar-refractivity contribution < 1.29 is 10.2 Å². The zero-order valence-electron chi connectivity index (χ0n) is 9.65. The van der Waals surface area contributed by atoms with Crippen molar-refractivity contribution in [3.05, 3.63) is 0 Å². The van der Waals surface area contributed by atoms with Crippen molar-refractivity contribution in [1.29, 1.82) is 0 Å². The molecule has 0 radical (unpaired) electrons. The van der Waals surface area contributed by atoms with Gasteiger partial charge in [0.05, 0.1) is 11.7 Å². The molecule has 1 heterocycles. The number of rotatable bonds is 2. The van der Waals surface area contributed by atoms with Crippen LogP contribution in [0.3, 0.4) is 0 Å². The summed E-state index contributed by atoms with van der Waals surface area (Å²) >= 11 is 0. The first-order chi connectivity index (χ1) is 7.14. The highest BCUT2D eigenvalue weighted by atomic mass is 16.3. The lowest BCUT2D eigenvalue weighted by Gasteiger charge is -2.50. The van der Waals surface area contributed by atoms with Gasteiger partial charge in [-0.3, -0.25) is 4.90 Å². The second kappa shape index (κ2) is 4.40.